The first kappa shape index (κ1) is 12.8. The summed E-state index contributed by atoms with van der Waals surface area (Å²) in [7, 11) is 0. The van der Waals surface area contributed by atoms with Crippen molar-refractivity contribution in [3.05, 3.63) is 34.9 Å². The van der Waals surface area contributed by atoms with Crippen LogP contribution in [0, 0.1) is 11.6 Å². The van der Waals surface area contributed by atoms with Crippen molar-refractivity contribution in [2.75, 3.05) is 0 Å². The Morgan fingerprint density at radius 1 is 1.06 bits per heavy atom. The van der Waals surface area contributed by atoms with Crippen LogP contribution in [0.4, 0.5) is 8.78 Å². The van der Waals surface area contributed by atoms with Crippen LogP contribution in [-0.4, -0.2) is 10.9 Å². The highest BCUT2D eigenvalue weighted by Crippen LogP contribution is 2.54. The number of fused-ring (bicyclic) bond motifs is 5. The molecule has 2 bridgehead atoms. The molecule has 2 aliphatic heterocycles. The van der Waals surface area contributed by atoms with E-state index in [1.54, 1.807) is 0 Å². The Morgan fingerprint density at radius 2 is 1.47 bits per heavy atom. The summed E-state index contributed by atoms with van der Waals surface area (Å²) in [5.74, 6) is -1.43. The van der Waals surface area contributed by atoms with E-state index in [1.807, 2.05) is 0 Å². The molecular weight excluding hydrogens is 244 g/mol. The number of nitrogens with zero attached hydrogens (tertiary/aromatic N) is 1. The van der Waals surface area contributed by atoms with Gasteiger partial charge in [0.1, 0.15) is 0 Å². The molecule has 0 radical (unpaired) electrons. The van der Waals surface area contributed by atoms with Gasteiger partial charge in [0.2, 0.25) is 0 Å². The number of hydrogen-bond donors (Lipinski definition) is 0. The van der Waals surface area contributed by atoms with Gasteiger partial charge in [-0.3, -0.25) is 4.90 Å². The molecule has 0 spiro atoms. The van der Waals surface area contributed by atoms with E-state index in [0.29, 0.717) is 18.1 Å². The van der Waals surface area contributed by atoms with Crippen LogP contribution in [0.2, 0.25) is 0 Å². The van der Waals surface area contributed by atoms with E-state index in [1.165, 1.54) is 12.1 Å². The predicted molar refractivity (Wildman–Crippen MR) is 65.3 cm³/mol. The molecule has 0 amide bonds. The van der Waals surface area contributed by atoms with Crippen LogP contribution in [0.15, 0.2) is 12.1 Å². The molecule has 1 aromatic rings. The molecule has 94 valence electrons. The summed E-state index contributed by atoms with van der Waals surface area (Å²) in [6.45, 7) is 4.29. The summed E-state index contributed by atoms with van der Waals surface area (Å²) in [6, 6.07) is 3.81. The van der Waals surface area contributed by atoms with Crippen LogP contribution in [0.5, 0.6) is 0 Å². The highest BCUT2D eigenvalue weighted by atomic mass is 35.5. The number of benzene rings is 1. The van der Waals surface area contributed by atoms with Crippen LogP contribution >= 0.6 is 12.4 Å². The van der Waals surface area contributed by atoms with E-state index in [0.717, 1.165) is 24.0 Å². The van der Waals surface area contributed by atoms with Gasteiger partial charge in [-0.1, -0.05) is 0 Å². The second-order valence-electron chi connectivity index (χ2n) is 5.05. The number of hydrogen-bond acceptors (Lipinski definition) is 1. The van der Waals surface area contributed by atoms with Gasteiger partial charge in [0, 0.05) is 18.1 Å². The Hall–Kier alpha value is -0.670. The molecule has 1 saturated heterocycles. The van der Waals surface area contributed by atoms with Crippen molar-refractivity contribution in [3.63, 3.8) is 0 Å². The van der Waals surface area contributed by atoms with Crippen molar-refractivity contribution >= 4 is 12.4 Å². The first-order valence-electron chi connectivity index (χ1n) is 5.86. The maximum atomic E-state index is 13.2. The SMILES string of the molecule is CC(C)N1C2CCC1c1cc(F)c(F)cc12.Cl. The van der Waals surface area contributed by atoms with Crippen LogP contribution in [0.1, 0.15) is 49.9 Å². The molecule has 0 N–H and O–H groups in total. The summed E-state index contributed by atoms with van der Waals surface area (Å²) in [4.78, 5) is 2.38. The van der Waals surface area contributed by atoms with Gasteiger partial charge in [0.05, 0.1) is 0 Å². The minimum absolute atomic E-state index is 0. The van der Waals surface area contributed by atoms with Gasteiger partial charge in [-0.05, 0) is 49.9 Å². The normalized spacial score (nSPS) is 26.2. The van der Waals surface area contributed by atoms with Gasteiger partial charge < -0.3 is 0 Å². The van der Waals surface area contributed by atoms with Gasteiger partial charge in [-0.25, -0.2) is 8.78 Å². The smallest absolute Gasteiger partial charge is 0.159 e. The lowest BCUT2D eigenvalue weighted by Crippen LogP contribution is -2.27. The minimum Gasteiger partial charge on any atom is -0.287 e. The third-order valence-electron chi connectivity index (χ3n) is 3.87. The Kier molecular flexibility index (Phi) is 3.17. The molecule has 1 aromatic carbocycles. The average molecular weight is 260 g/mol. The molecule has 1 nitrogen and oxygen atoms in total. The summed E-state index contributed by atoms with van der Waals surface area (Å²) >= 11 is 0. The van der Waals surface area contributed by atoms with Crippen LogP contribution in [0.25, 0.3) is 0 Å². The number of halogens is 3. The fraction of sp³-hybridized carbons (Fsp3) is 0.538. The van der Waals surface area contributed by atoms with Crippen LogP contribution in [-0.2, 0) is 0 Å². The first-order valence-corrected chi connectivity index (χ1v) is 5.86. The molecule has 3 rings (SSSR count). The van der Waals surface area contributed by atoms with Gasteiger partial charge in [-0.2, -0.15) is 0 Å². The van der Waals surface area contributed by atoms with E-state index in [2.05, 4.69) is 18.7 Å². The Labute approximate surface area is 106 Å². The highest BCUT2D eigenvalue weighted by Gasteiger charge is 2.45. The molecule has 17 heavy (non-hydrogen) atoms. The second kappa shape index (κ2) is 4.21. The zero-order valence-electron chi connectivity index (χ0n) is 9.91. The maximum Gasteiger partial charge on any atom is 0.159 e. The lowest BCUT2D eigenvalue weighted by atomic mass is 9.92. The molecule has 0 aliphatic carbocycles. The van der Waals surface area contributed by atoms with Crippen LogP contribution in [0.3, 0.4) is 0 Å². The van der Waals surface area contributed by atoms with Gasteiger partial charge >= 0.3 is 0 Å². The Morgan fingerprint density at radius 3 is 1.82 bits per heavy atom. The lowest BCUT2D eigenvalue weighted by molar-refractivity contribution is 0.174. The van der Waals surface area contributed by atoms with Gasteiger partial charge in [-0.15, -0.1) is 12.4 Å². The molecule has 2 aliphatic rings. The van der Waals surface area contributed by atoms with Crippen molar-refractivity contribution < 1.29 is 8.78 Å². The van der Waals surface area contributed by atoms with Crippen molar-refractivity contribution in [1.29, 1.82) is 0 Å². The predicted octanol–water partition coefficient (Wildman–Crippen LogP) is 3.99. The summed E-state index contributed by atoms with van der Waals surface area (Å²) in [6.07, 6.45) is 2.14. The largest absolute Gasteiger partial charge is 0.287 e. The molecule has 1 fully saturated rings. The van der Waals surface area contributed by atoms with E-state index in [4.69, 9.17) is 0 Å². The lowest BCUT2D eigenvalue weighted by Gasteiger charge is -2.26. The molecule has 2 unspecified atom stereocenters. The third kappa shape index (κ3) is 1.67. The summed E-state index contributed by atoms with van der Waals surface area (Å²) < 4.78 is 26.5. The minimum atomic E-state index is -0.713. The Bertz CT molecular complexity index is 410. The van der Waals surface area contributed by atoms with Crippen molar-refractivity contribution in [1.82, 2.24) is 4.90 Å². The standard InChI is InChI=1S/C13H15F2N.ClH/c1-7(2)16-12-3-4-13(16)9-6-11(15)10(14)5-8(9)12;/h5-7,12-13H,3-4H2,1-2H3;1H. The molecular formula is C13H16ClF2N. The van der Waals surface area contributed by atoms with Crippen molar-refractivity contribution in [2.45, 2.75) is 44.8 Å². The van der Waals surface area contributed by atoms with E-state index in [9.17, 15) is 8.78 Å². The molecule has 0 saturated carbocycles. The van der Waals surface area contributed by atoms with Crippen molar-refractivity contribution in [3.8, 4) is 0 Å². The fourth-order valence-electron chi connectivity index (χ4n) is 3.34. The topological polar surface area (TPSA) is 3.24 Å². The first-order chi connectivity index (χ1) is 7.59. The molecule has 2 heterocycles. The zero-order chi connectivity index (χ0) is 11.4. The van der Waals surface area contributed by atoms with E-state index < -0.39 is 11.6 Å². The fourth-order valence-corrected chi connectivity index (χ4v) is 3.34. The molecule has 4 heteroatoms. The highest BCUT2D eigenvalue weighted by molar-refractivity contribution is 5.85. The monoisotopic (exact) mass is 259 g/mol. The van der Waals surface area contributed by atoms with Gasteiger partial charge in [0.25, 0.3) is 0 Å². The maximum absolute atomic E-state index is 13.2. The molecule has 2 atom stereocenters. The van der Waals surface area contributed by atoms with Crippen molar-refractivity contribution in [2.24, 2.45) is 0 Å². The summed E-state index contributed by atoms with van der Waals surface area (Å²) in [5, 5.41) is 0. The zero-order valence-corrected chi connectivity index (χ0v) is 10.7. The van der Waals surface area contributed by atoms with E-state index >= 15 is 0 Å². The number of rotatable bonds is 1. The second-order valence-corrected chi connectivity index (χ2v) is 5.05. The van der Waals surface area contributed by atoms with E-state index in [-0.39, 0.29) is 12.4 Å². The third-order valence-corrected chi connectivity index (χ3v) is 3.87. The quantitative estimate of drug-likeness (QED) is 0.737. The average Bonchev–Trinajstić information content (AvgIpc) is 2.75. The van der Waals surface area contributed by atoms with Gasteiger partial charge in [0.15, 0.2) is 11.6 Å². The van der Waals surface area contributed by atoms with Crippen LogP contribution < -0.4 is 0 Å². The Balaban J connectivity index is 0.00000108. The molecule has 0 aromatic heterocycles. The summed E-state index contributed by atoms with van der Waals surface area (Å²) in [5.41, 5.74) is 2.01.